The van der Waals surface area contributed by atoms with E-state index in [0.717, 1.165) is 41.9 Å². The monoisotopic (exact) mass is 684 g/mol. The average molecular weight is 685 g/mol. The molecule has 2 fully saturated rings. The summed E-state index contributed by atoms with van der Waals surface area (Å²) in [5.74, 6) is 2.50. The molecule has 0 aliphatic carbocycles. The Morgan fingerprint density at radius 3 is 2.10 bits per heavy atom. The van der Waals surface area contributed by atoms with Crippen molar-refractivity contribution in [3.05, 3.63) is 46.5 Å². The minimum absolute atomic E-state index is 0.0307. The molecule has 5 heterocycles. The third-order valence-corrected chi connectivity index (χ3v) is 9.07. The maximum absolute atomic E-state index is 12.6. The van der Waals surface area contributed by atoms with Crippen molar-refractivity contribution < 1.29 is 53.0 Å². The van der Waals surface area contributed by atoms with Crippen LogP contribution in [0.2, 0.25) is 0 Å². The molecule has 13 nitrogen and oxygen atoms in total. The highest BCUT2D eigenvalue weighted by atomic mass is 16.7. The van der Waals surface area contributed by atoms with Gasteiger partial charge in [-0.3, -0.25) is 0 Å². The summed E-state index contributed by atoms with van der Waals surface area (Å²) in [6.07, 6.45) is 1.38. The zero-order valence-electron chi connectivity index (χ0n) is 29.2. The lowest BCUT2D eigenvalue weighted by Gasteiger charge is -2.32. The van der Waals surface area contributed by atoms with Crippen molar-refractivity contribution >= 4 is 12.2 Å². The fourth-order valence-electron chi connectivity index (χ4n) is 7.05. The first-order valence-electron chi connectivity index (χ1n) is 17.0. The van der Waals surface area contributed by atoms with Crippen LogP contribution >= 0.6 is 0 Å². The first-order chi connectivity index (χ1) is 23.3. The highest BCUT2D eigenvalue weighted by Crippen LogP contribution is 2.49. The average Bonchev–Trinajstić information content (AvgIpc) is 3.86. The van der Waals surface area contributed by atoms with Gasteiger partial charge >= 0.3 is 12.2 Å². The number of carbonyl (C=O) groups excluding carboxylic acids is 2. The van der Waals surface area contributed by atoms with Gasteiger partial charge in [0.1, 0.15) is 23.4 Å². The number of aliphatic hydroxyl groups excluding tert-OH is 2. The molecular weight excluding hydrogens is 636 g/mol. The summed E-state index contributed by atoms with van der Waals surface area (Å²) in [4.78, 5) is 28.4. The molecule has 0 bridgehead atoms. The van der Waals surface area contributed by atoms with Crippen LogP contribution in [-0.2, 0) is 27.4 Å². The highest BCUT2D eigenvalue weighted by Gasteiger charge is 2.44. The molecule has 0 spiro atoms. The lowest BCUT2D eigenvalue weighted by Crippen LogP contribution is -2.42. The van der Waals surface area contributed by atoms with Gasteiger partial charge in [0, 0.05) is 24.2 Å². The van der Waals surface area contributed by atoms with Gasteiger partial charge in [0.25, 0.3) is 0 Å². The summed E-state index contributed by atoms with van der Waals surface area (Å²) >= 11 is 0. The Balaban J connectivity index is 0.000000170. The molecule has 0 aromatic heterocycles. The van der Waals surface area contributed by atoms with E-state index in [1.54, 1.807) is 21.9 Å². The van der Waals surface area contributed by atoms with Crippen molar-refractivity contribution in [3.8, 4) is 23.0 Å². The summed E-state index contributed by atoms with van der Waals surface area (Å²) in [5.41, 5.74) is 2.09. The number of fused-ring (bicyclic) bond motifs is 4. The van der Waals surface area contributed by atoms with Crippen LogP contribution in [0.3, 0.4) is 0 Å². The van der Waals surface area contributed by atoms with Gasteiger partial charge in [0.05, 0.1) is 25.3 Å². The van der Waals surface area contributed by atoms with Gasteiger partial charge in [0.15, 0.2) is 23.0 Å². The number of hydrogen-bond donors (Lipinski definition) is 2. The Morgan fingerprint density at radius 1 is 0.837 bits per heavy atom. The molecule has 5 aliphatic rings. The molecule has 2 saturated heterocycles. The molecule has 2 amide bonds. The van der Waals surface area contributed by atoms with E-state index in [1.807, 2.05) is 53.7 Å². The quantitative estimate of drug-likeness (QED) is 0.408. The Kier molecular flexibility index (Phi) is 9.80. The van der Waals surface area contributed by atoms with Crippen molar-refractivity contribution in [3.63, 3.8) is 0 Å². The number of rotatable bonds is 4. The molecule has 2 N–H and O–H groups in total. The van der Waals surface area contributed by atoms with Crippen LogP contribution in [0.5, 0.6) is 23.0 Å². The van der Waals surface area contributed by atoms with Crippen molar-refractivity contribution in [1.29, 1.82) is 0 Å². The van der Waals surface area contributed by atoms with Crippen LogP contribution < -0.4 is 18.9 Å². The fraction of sp³-hybridized carbons (Fsp3) is 0.611. The second kappa shape index (κ2) is 13.8. The van der Waals surface area contributed by atoms with E-state index in [-0.39, 0.29) is 38.4 Å². The van der Waals surface area contributed by atoms with Crippen LogP contribution in [0.4, 0.5) is 9.59 Å². The zero-order valence-corrected chi connectivity index (χ0v) is 29.2. The van der Waals surface area contributed by atoms with Crippen LogP contribution in [0.1, 0.15) is 102 Å². The van der Waals surface area contributed by atoms with Crippen molar-refractivity contribution in [1.82, 2.24) is 9.80 Å². The maximum atomic E-state index is 12.6. The molecule has 49 heavy (non-hydrogen) atoms. The van der Waals surface area contributed by atoms with E-state index in [1.165, 1.54) is 0 Å². The number of likely N-dealkylation sites (tertiary alicyclic amines) is 2. The molecule has 4 atom stereocenters. The third kappa shape index (κ3) is 7.34. The molecule has 0 radical (unpaired) electrons. The van der Waals surface area contributed by atoms with Gasteiger partial charge in [-0.15, -0.1) is 0 Å². The van der Waals surface area contributed by atoms with Crippen LogP contribution in [0.25, 0.3) is 0 Å². The first-order valence-corrected chi connectivity index (χ1v) is 17.0. The molecule has 13 heteroatoms. The van der Waals surface area contributed by atoms with E-state index in [2.05, 4.69) is 0 Å². The number of hydrogen-bond acceptors (Lipinski definition) is 11. The van der Waals surface area contributed by atoms with Crippen LogP contribution in [-0.4, -0.2) is 82.2 Å². The molecular formula is C36H48N2O11. The van der Waals surface area contributed by atoms with Crippen LogP contribution in [0, 0.1) is 0 Å². The first kappa shape index (κ1) is 34.9. The minimum atomic E-state index is -0.992. The molecule has 0 saturated carbocycles. The van der Waals surface area contributed by atoms with Gasteiger partial charge in [-0.05, 0) is 90.5 Å². The van der Waals surface area contributed by atoms with E-state index < -0.39 is 29.4 Å². The minimum Gasteiger partial charge on any atom is -0.454 e. The van der Waals surface area contributed by atoms with E-state index in [0.29, 0.717) is 48.7 Å². The topological polar surface area (TPSA) is 146 Å². The largest absolute Gasteiger partial charge is 0.454 e. The number of amides is 2. The number of aliphatic hydroxyl groups is 2. The number of ether oxygens (including phenoxy) is 7. The predicted molar refractivity (Wildman–Crippen MR) is 175 cm³/mol. The zero-order chi connectivity index (χ0) is 35.1. The van der Waals surface area contributed by atoms with E-state index in [9.17, 15) is 19.8 Å². The van der Waals surface area contributed by atoms with E-state index >= 15 is 0 Å². The van der Waals surface area contributed by atoms with Crippen molar-refractivity contribution in [2.75, 3.05) is 26.7 Å². The maximum Gasteiger partial charge on any atom is 0.410 e. The summed E-state index contributed by atoms with van der Waals surface area (Å²) in [7, 11) is 0. The second-order valence-corrected chi connectivity index (χ2v) is 14.8. The fourth-order valence-corrected chi connectivity index (χ4v) is 7.05. The summed E-state index contributed by atoms with van der Waals surface area (Å²) in [6.45, 7) is 12.9. The smallest absolute Gasteiger partial charge is 0.410 e. The summed E-state index contributed by atoms with van der Waals surface area (Å²) in [6, 6.07) is 6.90. The van der Waals surface area contributed by atoms with Gasteiger partial charge < -0.3 is 53.2 Å². The third-order valence-electron chi connectivity index (χ3n) is 9.07. The highest BCUT2D eigenvalue weighted by molar-refractivity contribution is 5.70. The SMILES string of the molecule is CC(C)(C)OC(=O)N1CCC[C@H]1C(O)c1c(CO)ccc2c1OCO2.CC(C)(C)OC(=O)N1CCC[C@H]1C1OCc2ccc3c(c21)OCO3. The van der Waals surface area contributed by atoms with Gasteiger partial charge in [0.2, 0.25) is 13.6 Å². The molecule has 7 rings (SSSR count). The molecule has 2 aromatic rings. The van der Waals surface area contributed by atoms with Crippen molar-refractivity contribution in [2.24, 2.45) is 0 Å². The van der Waals surface area contributed by atoms with Gasteiger partial charge in [-0.1, -0.05) is 12.1 Å². The summed E-state index contributed by atoms with van der Waals surface area (Å²) < 4.78 is 39.1. The lowest BCUT2D eigenvalue weighted by molar-refractivity contribution is -0.0157. The number of nitrogens with zero attached hydrogens (tertiary/aromatic N) is 2. The van der Waals surface area contributed by atoms with Crippen LogP contribution in [0.15, 0.2) is 24.3 Å². The molecule has 5 aliphatic heterocycles. The Labute approximate surface area is 286 Å². The normalized spacial score (nSPS) is 22.8. The Hall–Kier alpha value is -3.94. The second-order valence-electron chi connectivity index (χ2n) is 14.8. The van der Waals surface area contributed by atoms with E-state index in [4.69, 9.17) is 33.2 Å². The number of benzene rings is 2. The summed E-state index contributed by atoms with van der Waals surface area (Å²) in [5, 5.41) is 20.7. The molecule has 2 aromatic carbocycles. The standard InChI is InChI=1S/C18H25NO6.C18H23NO5/c1-18(2,3)25-17(22)19-8-4-5-12(19)15(21)14-11(9-20)6-7-13-16(14)24-10-23-13;1-18(2,3)24-17(20)19-8-4-5-12(19)15-14-11(9-21-15)6-7-13-16(14)23-10-22-13/h6-7,12,15,20-21H,4-5,8-10H2,1-3H3;6-7,12,15H,4-5,8-10H2,1-3H3/t2*12-,15?/m00/s1. The molecule has 2 unspecified atom stereocenters. The number of carbonyl (C=O) groups is 2. The Morgan fingerprint density at radius 2 is 1.43 bits per heavy atom. The van der Waals surface area contributed by atoms with Crippen molar-refractivity contribution in [2.45, 2.75) is 116 Å². The van der Waals surface area contributed by atoms with Gasteiger partial charge in [-0.2, -0.15) is 0 Å². The predicted octanol–water partition coefficient (Wildman–Crippen LogP) is 5.73. The Bertz CT molecular complexity index is 1550. The lowest BCUT2D eigenvalue weighted by atomic mass is 9.94. The van der Waals surface area contributed by atoms with Gasteiger partial charge in [-0.25, -0.2) is 9.59 Å². The molecule has 268 valence electrons.